The number of hydrogen-bond acceptors (Lipinski definition) is 5. The van der Waals surface area contributed by atoms with Gasteiger partial charge in [0.15, 0.2) is 0 Å². The summed E-state index contributed by atoms with van der Waals surface area (Å²) in [7, 11) is -2.24. The van der Waals surface area contributed by atoms with Gasteiger partial charge in [0.1, 0.15) is 11.4 Å². The molecule has 3 aromatic rings. The first-order valence-electron chi connectivity index (χ1n) is 9.11. The lowest BCUT2D eigenvalue weighted by molar-refractivity contribution is 0.321. The summed E-state index contributed by atoms with van der Waals surface area (Å²) in [4.78, 5) is 5.81. The number of fused-ring (bicyclic) bond motifs is 1. The molecule has 0 amide bonds. The van der Waals surface area contributed by atoms with Gasteiger partial charge in [0, 0.05) is 36.4 Å². The third kappa shape index (κ3) is 3.55. The van der Waals surface area contributed by atoms with Gasteiger partial charge >= 0.3 is 0 Å². The van der Waals surface area contributed by atoms with Gasteiger partial charge in [-0.1, -0.05) is 30.3 Å². The zero-order valence-electron chi connectivity index (χ0n) is 15.7. The van der Waals surface area contributed by atoms with E-state index in [1.807, 2.05) is 24.3 Å². The number of rotatable bonds is 4. The second-order valence-electron chi connectivity index (χ2n) is 7.16. The first kappa shape index (κ1) is 19.3. The number of halogens is 1. The Labute approximate surface area is 168 Å². The highest BCUT2D eigenvalue weighted by Crippen LogP contribution is 2.35. The van der Waals surface area contributed by atoms with Crippen molar-refractivity contribution in [1.82, 2.24) is 9.88 Å². The molecule has 4 rings (SSSR count). The van der Waals surface area contributed by atoms with Crippen molar-refractivity contribution in [2.75, 3.05) is 24.9 Å². The Morgan fingerprint density at radius 1 is 1.14 bits per heavy atom. The highest BCUT2D eigenvalue weighted by molar-refractivity contribution is 7.93. The zero-order valence-corrected chi connectivity index (χ0v) is 16.5. The molecule has 1 N–H and O–H groups in total. The number of alkyl halides is 1. The number of likely N-dealkylation sites (tertiary alicyclic amines) is 1. The summed E-state index contributed by atoms with van der Waals surface area (Å²) in [5.41, 5.74) is 2.17. The van der Waals surface area contributed by atoms with E-state index < -0.39 is 21.4 Å². The molecule has 29 heavy (non-hydrogen) atoms. The molecule has 6 nitrogen and oxygen atoms in total. The third-order valence-corrected chi connectivity index (χ3v) is 6.93. The van der Waals surface area contributed by atoms with Crippen LogP contribution in [0.2, 0.25) is 0 Å². The average molecular weight is 410 g/mol. The van der Waals surface area contributed by atoms with Crippen molar-refractivity contribution >= 4 is 26.5 Å². The van der Waals surface area contributed by atoms with E-state index >= 15 is 0 Å². The van der Waals surface area contributed by atoms with Gasteiger partial charge in [-0.2, -0.15) is 5.26 Å². The van der Waals surface area contributed by atoms with Gasteiger partial charge in [0.05, 0.1) is 17.3 Å². The molecule has 0 spiro atoms. The van der Waals surface area contributed by atoms with Crippen molar-refractivity contribution in [2.45, 2.75) is 11.4 Å². The Morgan fingerprint density at radius 3 is 2.59 bits per heavy atom. The van der Waals surface area contributed by atoms with Gasteiger partial charge in [0.2, 0.25) is 10.0 Å². The van der Waals surface area contributed by atoms with Crippen molar-refractivity contribution in [3.8, 4) is 17.2 Å². The van der Waals surface area contributed by atoms with Crippen LogP contribution < -0.4 is 4.72 Å². The van der Waals surface area contributed by atoms with Crippen molar-refractivity contribution < 1.29 is 12.8 Å². The monoisotopic (exact) mass is 410 g/mol. The first-order chi connectivity index (χ1) is 13.9. The Kier molecular flexibility index (Phi) is 4.94. The number of nitriles is 1. The fourth-order valence-electron chi connectivity index (χ4n) is 3.76. The van der Waals surface area contributed by atoms with Gasteiger partial charge in [-0.25, -0.2) is 12.8 Å². The highest BCUT2D eigenvalue weighted by atomic mass is 32.2. The predicted molar refractivity (Wildman–Crippen MR) is 111 cm³/mol. The molecule has 2 unspecified atom stereocenters. The van der Waals surface area contributed by atoms with Gasteiger partial charge < -0.3 is 4.90 Å². The predicted octanol–water partition coefficient (Wildman–Crippen LogP) is 3.17. The molecular weight excluding hydrogens is 391 g/mol. The Balaban J connectivity index is 1.80. The number of nitrogens with one attached hydrogen (secondary N) is 1. The van der Waals surface area contributed by atoms with Crippen LogP contribution in [0.5, 0.6) is 0 Å². The summed E-state index contributed by atoms with van der Waals surface area (Å²) in [6.07, 6.45) is 1.61. The smallest absolute Gasteiger partial charge is 0.239 e. The van der Waals surface area contributed by atoms with E-state index in [1.165, 1.54) is 6.20 Å². The quantitative estimate of drug-likeness (QED) is 0.714. The third-order valence-electron chi connectivity index (χ3n) is 5.19. The molecule has 1 fully saturated rings. The number of benzene rings is 2. The first-order valence-corrected chi connectivity index (χ1v) is 10.7. The highest BCUT2D eigenvalue weighted by Gasteiger charge is 2.40. The molecular formula is C21H19FN4O2S. The number of hydrogen-bond donors (Lipinski definition) is 1. The fourth-order valence-corrected chi connectivity index (χ4v) is 5.32. The SMILES string of the molecule is CN1CC(F)C(S(=O)(=O)Nc2ccncc2-c2ccc(C#N)c3ccccc23)C1. The number of sulfonamides is 1. The number of pyridine rings is 1. The minimum atomic E-state index is -3.94. The van der Waals surface area contributed by atoms with Crippen molar-refractivity contribution in [1.29, 1.82) is 5.26 Å². The largest absolute Gasteiger partial charge is 0.302 e. The minimum absolute atomic E-state index is 0.0923. The zero-order chi connectivity index (χ0) is 20.6. The van der Waals surface area contributed by atoms with Gasteiger partial charge in [-0.05, 0) is 30.1 Å². The van der Waals surface area contributed by atoms with E-state index in [9.17, 15) is 18.1 Å². The Hall–Kier alpha value is -3.02. The van der Waals surface area contributed by atoms with Crippen LogP contribution in [0, 0.1) is 11.3 Å². The van der Waals surface area contributed by atoms with Crippen LogP contribution in [-0.4, -0.2) is 49.9 Å². The normalized spacial score (nSPS) is 19.9. The van der Waals surface area contributed by atoms with E-state index in [2.05, 4.69) is 15.8 Å². The minimum Gasteiger partial charge on any atom is -0.302 e. The molecule has 1 aliphatic heterocycles. The van der Waals surface area contributed by atoms with Crippen molar-refractivity contribution in [3.05, 3.63) is 60.4 Å². The second kappa shape index (κ2) is 7.43. The molecule has 8 heteroatoms. The van der Waals surface area contributed by atoms with E-state index in [4.69, 9.17) is 0 Å². The van der Waals surface area contributed by atoms with E-state index in [-0.39, 0.29) is 13.1 Å². The summed E-state index contributed by atoms with van der Waals surface area (Å²) < 4.78 is 42.5. The van der Waals surface area contributed by atoms with Gasteiger partial charge in [0.25, 0.3) is 0 Å². The lowest BCUT2D eigenvalue weighted by Gasteiger charge is -2.18. The topological polar surface area (TPSA) is 86.1 Å². The summed E-state index contributed by atoms with van der Waals surface area (Å²) in [6.45, 7) is 0.228. The summed E-state index contributed by atoms with van der Waals surface area (Å²) in [5.74, 6) is 0. The molecule has 1 saturated heterocycles. The van der Waals surface area contributed by atoms with Crippen LogP contribution in [-0.2, 0) is 10.0 Å². The fraction of sp³-hybridized carbons (Fsp3) is 0.238. The van der Waals surface area contributed by atoms with Crippen molar-refractivity contribution in [2.24, 2.45) is 0 Å². The Bertz CT molecular complexity index is 1220. The van der Waals surface area contributed by atoms with Crippen LogP contribution in [0.25, 0.3) is 21.9 Å². The summed E-state index contributed by atoms with van der Waals surface area (Å²) in [6, 6.07) is 14.6. The molecule has 0 radical (unpaired) electrons. The molecule has 1 aliphatic rings. The molecule has 2 heterocycles. The summed E-state index contributed by atoms with van der Waals surface area (Å²) >= 11 is 0. The summed E-state index contributed by atoms with van der Waals surface area (Å²) in [5, 5.41) is 9.82. The van der Waals surface area contributed by atoms with Gasteiger partial charge in [-0.3, -0.25) is 9.71 Å². The Morgan fingerprint density at radius 2 is 1.90 bits per heavy atom. The number of anilines is 1. The maximum atomic E-state index is 14.2. The van der Waals surface area contributed by atoms with Gasteiger partial charge in [-0.15, -0.1) is 0 Å². The molecule has 0 bridgehead atoms. The van der Waals surface area contributed by atoms with Crippen LogP contribution >= 0.6 is 0 Å². The second-order valence-corrected chi connectivity index (χ2v) is 9.06. The lowest BCUT2D eigenvalue weighted by atomic mass is 9.95. The van der Waals surface area contributed by atoms with Crippen LogP contribution in [0.4, 0.5) is 10.1 Å². The molecule has 0 saturated carbocycles. The molecule has 2 aromatic carbocycles. The molecule has 148 valence electrons. The number of aromatic nitrogens is 1. The van der Waals surface area contributed by atoms with E-state index in [0.29, 0.717) is 16.8 Å². The molecule has 2 atom stereocenters. The lowest BCUT2D eigenvalue weighted by Crippen LogP contribution is -2.35. The van der Waals surface area contributed by atoms with Crippen LogP contribution in [0.3, 0.4) is 0 Å². The number of nitrogens with zero attached hydrogens (tertiary/aromatic N) is 3. The molecule has 1 aromatic heterocycles. The van der Waals surface area contributed by atoms with E-state index in [0.717, 1.165) is 16.3 Å². The maximum Gasteiger partial charge on any atom is 0.239 e. The van der Waals surface area contributed by atoms with Crippen LogP contribution in [0.15, 0.2) is 54.9 Å². The molecule has 0 aliphatic carbocycles. The standard InChI is InChI=1S/C21H19FN4O2S/c1-26-12-19(22)21(13-26)29(27,28)25-20-8-9-24-11-18(20)17-7-6-14(10-23)15-4-2-3-5-16(15)17/h2-9,11,19,21H,12-13H2,1H3,(H,24,25). The van der Waals surface area contributed by atoms with Crippen LogP contribution in [0.1, 0.15) is 5.56 Å². The maximum absolute atomic E-state index is 14.2. The van der Waals surface area contributed by atoms with E-state index in [1.54, 1.807) is 36.3 Å². The average Bonchev–Trinajstić information content (AvgIpc) is 3.06. The van der Waals surface area contributed by atoms with Crippen molar-refractivity contribution in [3.63, 3.8) is 0 Å².